The molecule has 0 aliphatic rings. The van der Waals surface area contributed by atoms with Crippen molar-refractivity contribution >= 4 is 41.3 Å². The van der Waals surface area contributed by atoms with E-state index < -0.39 is 0 Å². The zero-order chi connectivity index (χ0) is 17.2. The number of aliphatic imine (C=N–C) groups is 1. The van der Waals surface area contributed by atoms with Gasteiger partial charge in [-0.2, -0.15) is 5.26 Å². The van der Waals surface area contributed by atoms with E-state index in [9.17, 15) is 0 Å². The minimum Gasteiger partial charge on any atom is -0.357 e. The van der Waals surface area contributed by atoms with Crippen molar-refractivity contribution in [1.82, 2.24) is 10.6 Å². The van der Waals surface area contributed by atoms with Crippen LogP contribution in [0.1, 0.15) is 29.9 Å². The molecule has 1 heterocycles. The molecule has 2 aromatic rings. The molecule has 0 aliphatic carbocycles. The van der Waals surface area contributed by atoms with E-state index in [0.717, 1.165) is 31.0 Å². The number of nitrogens with zero attached hydrogens (tertiary/aromatic N) is 2. The first kappa shape index (κ1) is 21.5. The monoisotopic (exact) mass is 468 g/mol. The van der Waals surface area contributed by atoms with Gasteiger partial charge in [-0.25, -0.2) is 4.99 Å². The molecule has 0 saturated heterocycles. The highest BCUT2D eigenvalue weighted by Gasteiger charge is 2.06. The third-order valence-corrected chi connectivity index (χ3v) is 4.47. The maximum Gasteiger partial charge on any atom is 0.191 e. The number of nitriles is 1. The smallest absolute Gasteiger partial charge is 0.191 e. The Morgan fingerprint density at radius 3 is 2.80 bits per heavy atom. The average Bonchev–Trinajstić information content (AvgIpc) is 3.10. The molecule has 2 rings (SSSR count). The zero-order valence-electron chi connectivity index (χ0n) is 14.7. The molecule has 25 heavy (non-hydrogen) atoms. The SMILES string of the molecule is CCNC(=NCc1cccc(C#N)c1)NCC(C)Cc1cccs1.I. The van der Waals surface area contributed by atoms with E-state index in [-0.39, 0.29) is 24.0 Å². The average molecular weight is 468 g/mol. The van der Waals surface area contributed by atoms with Gasteiger partial charge in [0, 0.05) is 18.0 Å². The van der Waals surface area contributed by atoms with Crippen molar-refractivity contribution in [2.45, 2.75) is 26.8 Å². The molecule has 2 N–H and O–H groups in total. The lowest BCUT2D eigenvalue weighted by Gasteiger charge is -2.15. The van der Waals surface area contributed by atoms with Crippen LogP contribution in [0.4, 0.5) is 0 Å². The number of guanidine groups is 1. The second kappa shape index (κ2) is 11.9. The largest absolute Gasteiger partial charge is 0.357 e. The Bertz CT molecular complexity index is 692. The molecule has 1 unspecified atom stereocenters. The van der Waals surface area contributed by atoms with Gasteiger partial charge in [-0.05, 0) is 48.4 Å². The topological polar surface area (TPSA) is 60.2 Å². The minimum atomic E-state index is 0. The number of rotatable bonds is 7. The first-order valence-corrected chi connectivity index (χ1v) is 9.12. The van der Waals surface area contributed by atoms with Crippen molar-refractivity contribution < 1.29 is 0 Å². The molecule has 0 saturated carbocycles. The van der Waals surface area contributed by atoms with Crippen LogP contribution in [0, 0.1) is 17.2 Å². The van der Waals surface area contributed by atoms with Crippen LogP contribution in [0.5, 0.6) is 0 Å². The second-order valence-corrected chi connectivity index (χ2v) is 6.81. The highest BCUT2D eigenvalue weighted by Crippen LogP contribution is 2.13. The van der Waals surface area contributed by atoms with Gasteiger partial charge in [0.15, 0.2) is 5.96 Å². The quantitative estimate of drug-likeness (QED) is 0.364. The van der Waals surface area contributed by atoms with Gasteiger partial charge in [0.1, 0.15) is 0 Å². The minimum absolute atomic E-state index is 0. The van der Waals surface area contributed by atoms with Gasteiger partial charge in [0.25, 0.3) is 0 Å². The van der Waals surface area contributed by atoms with Crippen molar-refractivity contribution in [3.63, 3.8) is 0 Å². The summed E-state index contributed by atoms with van der Waals surface area (Å²) in [6.07, 6.45) is 1.08. The van der Waals surface area contributed by atoms with Crippen LogP contribution < -0.4 is 10.6 Å². The van der Waals surface area contributed by atoms with E-state index in [0.29, 0.717) is 18.0 Å². The second-order valence-electron chi connectivity index (χ2n) is 5.78. The van der Waals surface area contributed by atoms with E-state index in [2.05, 4.69) is 53.1 Å². The number of halogens is 1. The van der Waals surface area contributed by atoms with Gasteiger partial charge >= 0.3 is 0 Å². The Balaban J connectivity index is 0.00000312. The number of thiophene rings is 1. The van der Waals surface area contributed by atoms with Gasteiger partial charge in [0.2, 0.25) is 0 Å². The number of hydrogen-bond donors (Lipinski definition) is 2. The summed E-state index contributed by atoms with van der Waals surface area (Å²) in [5, 5.41) is 17.8. The van der Waals surface area contributed by atoms with Gasteiger partial charge in [-0.15, -0.1) is 35.3 Å². The lowest BCUT2D eigenvalue weighted by Crippen LogP contribution is -2.39. The summed E-state index contributed by atoms with van der Waals surface area (Å²) in [4.78, 5) is 6.03. The molecular weight excluding hydrogens is 443 g/mol. The molecule has 1 atom stereocenters. The normalized spacial score (nSPS) is 12.0. The standard InChI is InChI=1S/C19H24N4S.HI/c1-3-21-19(22-13-15(2)10-18-8-5-9-24-18)23-14-17-7-4-6-16(11-17)12-20;/h4-9,11,15H,3,10,13-14H2,1-2H3,(H2,21,22,23);1H. The number of nitrogens with one attached hydrogen (secondary N) is 2. The van der Waals surface area contributed by atoms with Crippen LogP contribution in [0.15, 0.2) is 46.8 Å². The van der Waals surface area contributed by atoms with E-state index in [1.54, 1.807) is 11.3 Å². The molecule has 0 amide bonds. The molecule has 0 fully saturated rings. The summed E-state index contributed by atoms with van der Waals surface area (Å²) >= 11 is 1.81. The van der Waals surface area contributed by atoms with Crippen LogP contribution in [0.2, 0.25) is 0 Å². The summed E-state index contributed by atoms with van der Waals surface area (Å²) < 4.78 is 0. The molecule has 0 bridgehead atoms. The third-order valence-electron chi connectivity index (χ3n) is 3.57. The van der Waals surface area contributed by atoms with E-state index in [1.165, 1.54) is 4.88 Å². The molecule has 0 spiro atoms. The van der Waals surface area contributed by atoms with Crippen LogP contribution in [0.3, 0.4) is 0 Å². The molecular formula is C19H25IN4S. The Morgan fingerprint density at radius 1 is 1.28 bits per heavy atom. The maximum atomic E-state index is 8.96. The van der Waals surface area contributed by atoms with Crippen LogP contribution >= 0.6 is 35.3 Å². The maximum absolute atomic E-state index is 8.96. The highest BCUT2D eigenvalue weighted by molar-refractivity contribution is 14.0. The van der Waals surface area contributed by atoms with Crippen LogP contribution in [-0.2, 0) is 13.0 Å². The van der Waals surface area contributed by atoms with E-state index >= 15 is 0 Å². The Kier molecular flexibility index (Phi) is 10.2. The van der Waals surface area contributed by atoms with Gasteiger partial charge in [-0.1, -0.05) is 25.1 Å². The summed E-state index contributed by atoms with van der Waals surface area (Å²) in [7, 11) is 0. The predicted octanol–water partition coefficient (Wildman–Crippen LogP) is 4.17. The molecule has 0 aliphatic heterocycles. The first-order chi connectivity index (χ1) is 11.7. The number of benzene rings is 1. The summed E-state index contributed by atoms with van der Waals surface area (Å²) in [5.41, 5.74) is 1.71. The van der Waals surface area contributed by atoms with Gasteiger partial charge < -0.3 is 10.6 Å². The summed E-state index contributed by atoms with van der Waals surface area (Å²) in [6.45, 7) is 6.56. The predicted molar refractivity (Wildman–Crippen MR) is 117 cm³/mol. The summed E-state index contributed by atoms with van der Waals surface area (Å²) in [5.74, 6) is 1.35. The van der Waals surface area contributed by atoms with Crippen molar-refractivity contribution in [2.75, 3.05) is 13.1 Å². The van der Waals surface area contributed by atoms with Crippen LogP contribution in [-0.4, -0.2) is 19.0 Å². The molecule has 1 aromatic heterocycles. The fourth-order valence-electron chi connectivity index (χ4n) is 2.37. The van der Waals surface area contributed by atoms with E-state index in [4.69, 9.17) is 5.26 Å². The lowest BCUT2D eigenvalue weighted by molar-refractivity contribution is 0.562. The summed E-state index contributed by atoms with van der Waals surface area (Å²) in [6, 6.07) is 14.0. The zero-order valence-corrected chi connectivity index (χ0v) is 17.8. The van der Waals surface area contributed by atoms with Gasteiger partial charge in [-0.3, -0.25) is 0 Å². The molecule has 0 radical (unpaired) electrons. The van der Waals surface area contributed by atoms with Crippen molar-refractivity contribution in [1.29, 1.82) is 5.26 Å². The Hall–Kier alpha value is -1.59. The van der Waals surface area contributed by atoms with Crippen molar-refractivity contribution in [3.05, 3.63) is 57.8 Å². The fourth-order valence-corrected chi connectivity index (χ4v) is 3.24. The number of hydrogen-bond acceptors (Lipinski definition) is 3. The van der Waals surface area contributed by atoms with Gasteiger partial charge in [0.05, 0.1) is 18.2 Å². The molecule has 1 aromatic carbocycles. The first-order valence-electron chi connectivity index (χ1n) is 8.25. The fraction of sp³-hybridized carbons (Fsp3) is 0.368. The molecule has 6 heteroatoms. The van der Waals surface area contributed by atoms with Crippen molar-refractivity contribution in [2.24, 2.45) is 10.9 Å². The highest BCUT2D eigenvalue weighted by atomic mass is 127. The molecule has 4 nitrogen and oxygen atoms in total. The van der Waals surface area contributed by atoms with Crippen LogP contribution in [0.25, 0.3) is 0 Å². The Labute approximate surface area is 171 Å². The molecule has 134 valence electrons. The third kappa shape index (κ3) is 7.88. The van der Waals surface area contributed by atoms with Crippen molar-refractivity contribution in [3.8, 4) is 6.07 Å². The Morgan fingerprint density at radius 2 is 2.12 bits per heavy atom. The van der Waals surface area contributed by atoms with E-state index in [1.807, 2.05) is 24.3 Å². The lowest BCUT2D eigenvalue weighted by atomic mass is 10.1.